The first-order valence-electron chi connectivity index (χ1n) is 5.85. The van der Waals surface area contributed by atoms with Gasteiger partial charge in [-0.2, -0.15) is 0 Å². The zero-order valence-corrected chi connectivity index (χ0v) is 9.88. The molecular formula is C12H15FN2O3. The van der Waals surface area contributed by atoms with Gasteiger partial charge in [-0.25, -0.2) is 4.39 Å². The highest BCUT2D eigenvalue weighted by atomic mass is 19.1. The van der Waals surface area contributed by atoms with Crippen LogP contribution in [0.1, 0.15) is 12.0 Å². The number of nitro benzene ring substituents is 1. The highest BCUT2D eigenvalue weighted by Gasteiger charge is 2.22. The SMILES string of the molecule is O=[N+]([O-])c1cc(F)cc(CN2CCC(CO)C2)c1. The first kappa shape index (κ1) is 12.9. The number of halogens is 1. The number of hydrogen-bond donors (Lipinski definition) is 1. The van der Waals surface area contributed by atoms with Crippen LogP contribution < -0.4 is 0 Å². The molecular weight excluding hydrogens is 239 g/mol. The van der Waals surface area contributed by atoms with Crippen LogP contribution >= 0.6 is 0 Å². The Morgan fingerprint density at radius 2 is 2.28 bits per heavy atom. The second-order valence-corrected chi connectivity index (χ2v) is 4.65. The van der Waals surface area contributed by atoms with Gasteiger partial charge in [0.2, 0.25) is 0 Å². The summed E-state index contributed by atoms with van der Waals surface area (Å²) < 4.78 is 13.2. The van der Waals surface area contributed by atoms with E-state index in [1.54, 1.807) is 0 Å². The van der Waals surface area contributed by atoms with Gasteiger partial charge in [-0.05, 0) is 30.5 Å². The van der Waals surface area contributed by atoms with Crippen LogP contribution in [0.5, 0.6) is 0 Å². The van der Waals surface area contributed by atoms with Crippen LogP contribution in [0.2, 0.25) is 0 Å². The van der Waals surface area contributed by atoms with E-state index in [1.165, 1.54) is 12.1 Å². The van der Waals surface area contributed by atoms with Crippen molar-refractivity contribution in [3.63, 3.8) is 0 Å². The van der Waals surface area contributed by atoms with Gasteiger partial charge in [0.05, 0.1) is 11.0 Å². The molecule has 0 bridgehead atoms. The van der Waals surface area contributed by atoms with Gasteiger partial charge >= 0.3 is 0 Å². The Bertz CT molecular complexity index is 453. The van der Waals surface area contributed by atoms with Crippen LogP contribution in [0.25, 0.3) is 0 Å². The molecule has 2 rings (SSSR count). The van der Waals surface area contributed by atoms with Crippen LogP contribution in [-0.4, -0.2) is 34.6 Å². The molecule has 1 atom stereocenters. The predicted molar refractivity (Wildman–Crippen MR) is 63.5 cm³/mol. The monoisotopic (exact) mass is 254 g/mol. The lowest BCUT2D eigenvalue weighted by atomic mass is 10.1. The van der Waals surface area contributed by atoms with Crippen molar-refractivity contribution in [1.29, 1.82) is 0 Å². The number of nitro groups is 1. The maximum Gasteiger partial charge on any atom is 0.272 e. The van der Waals surface area contributed by atoms with Crippen LogP contribution in [0.15, 0.2) is 18.2 Å². The van der Waals surface area contributed by atoms with Gasteiger partial charge in [0.25, 0.3) is 5.69 Å². The summed E-state index contributed by atoms with van der Waals surface area (Å²) in [6.45, 7) is 2.21. The largest absolute Gasteiger partial charge is 0.396 e. The average molecular weight is 254 g/mol. The van der Waals surface area contributed by atoms with Gasteiger partial charge in [-0.1, -0.05) is 0 Å². The van der Waals surface area contributed by atoms with Crippen molar-refractivity contribution in [2.45, 2.75) is 13.0 Å². The molecule has 0 amide bonds. The van der Waals surface area contributed by atoms with E-state index in [9.17, 15) is 14.5 Å². The van der Waals surface area contributed by atoms with E-state index in [0.717, 1.165) is 25.6 Å². The van der Waals surface area contributed by atoms with Crippen molar-refractivity contribution in [1.82, 2.24) is 4.90 Å². The third kappa shape index (κ3) is 3.02. The van der Waals surface area contributed by atoms with Gasteiger partial charge in [-0.3, -0.25) is 15.0 Å². The zero-order chi connectivity index (χ0) is 13.1. The molecule has 1 aromatic rings. The van der Waals surface area contributed by atoms with Crippen LogP contribution in [0.3, 0.4) is 0 Å². The van der Waals surface area contributed by atoms with Crippen molar-refractivity contribution in [2.75, 3.05) is 19.7 Å². The third-order valence-corrected chi connectivity index (χ3v) is 3.19. The molecule has 98 valence electrons. The van der Waals surface area contributed by atoms with Crippen molar-refractivity contribution < 1.29 is 14.4 Å². The maximum atomic E-state index is 13.2. The summed E-state index contributed by atoms with van der Waals surface area (Å²) in [5.41, 5.74) is 0.378. The molecule has 1 N–H and O–H groups in total. The van der Waals surface area contributed by atoms with E-state index in [2.05, 4.69) is 4.90 Å². The minimum atomic E-state index is -0.590. The number of nitrogens with zero attached hydrogens (tertiary/aromatic N) is 2. The van der Waals surface area contributed by atoms with Crippen molar-refractivity contribution >= 4 is 5.69 Å². The summed E-state index contributed by atoms with van der Waals surface area (Å²) >= 11 is 0. The highest BCUT2D eigenvalue weighted by Crippen LogP contribution is 2.21. The van der Waals surface area contributed by atoms with Gasteiger partial charge in [0, 0.05) is 25.8 Å². The minimum Gasteiger partial charge on any atom is -0.396 e. The second-order valence-electron chi connectivity index (χ2n) is 4.65. The van der Waals surface area contributed by atoms with Gasteiger partial charge in [0.15, 0.2) is 0 Å². The Hall–Kier alpha value is -1.53. The Labute approximate surface area is 104 Å². The van der Waals surface area contributed by atoms with E-state index in [0.29, 0.717) is 12.1 Å². The Kier molecular flexibility index (Phi) is 3.88. The van der Waals surface area contributed by atoms with Crippen molar-refractivity contribution in [3.8, 4) is 0 Å². The van der Waals surface area contributed by atoms with E-state index >= 15 is 0 Å². The Morgan fingerprint density at radius 1 is 1.50 bits per heavy atom. The highest BCUT2D eigenvalue weighted by molar-refractivity contribution is 5.35. The summed E-state index contributed by atoms with van der Waals surface area (Å²) in [5.74, 6) is -0.328. The molecule has 0 saturated carbocycles. The molecule has 18 heavy (non-hydrogen) atoms. The molecule has 0 aliphatic carbocycles. The van der Waals surface area contributed by atoms with Crippen molar-refractivity contribution in [3.05, 3.63) is 39.7 Å². The predicted octanol–water partition coefficient (Wildman–Crippen LogP) is 1.55. The Balaban J connectivity index is 2.07. The minimum absolute atomic E-state index is 0.153. The number of non-ortho nitro benzene ring substituents is 1. The number of benzene rings is 1. The van der Waals surface area contributed by atoms with Gasteiger partial charge in [0.1, 0.15) is 5.82 Å². The summed E-state index contributed by atoms with van der Waals surface area (Å²) in [6, 6.07) is 3.64. The molecule has 1 heterocycles. The lowest BCUT2D eigenvalue weighted by Crippen LogP contribution is -2.21. The van der Waals surface area contributed by atoms with E-state index in [4.69, 9.17) is 5.11 Å². The molecule has 1 unspecified atom stereocenters. The normalized spacial score (nSPS) is 20.2. The summed E-state index contributed by atoms with van der Waals surface area (Å²) in [5, 5.41) is 19.7. The standard InChI is InChI=1S/C12H15FN2O3/c13-11-3-10(4-12(5-11)15(17)18)7-14-2-1-9(6-14)8-16/h3-5,9,16H,1-2,6-8H2. The molecule has 0 radical (unpaired) electrons. The molecule has 1 fully saturated rings. The Morgan fingerprint density at radius 3 is 2.89 bits per heavy atom. The fraction of sp³-hybridized carbons (Fsp3) is 0.500. The van der Waals surface area contributed by atoms with Crippen LogP contribution in [-0.2, 0) is 6.54 Å². The van der Waals surface area contributed by atoms with Gasteiger partial charge < -0.3 is 5.11 Å². The third-order valence-electron chi connectivity index (χ3n) is 3.19. The molecule has 1 aliphatic rings. The molecule has 1 saturated heterocycles. The van der Waals surface area contributed by atoms with Gasteiger partial charge in [-0.15, -0.1) is 0 Å². The van der Waals surface area contributed by atoms with Crippen molar-refractivity contribution in [2.24, 2.45) is 5.92 Å². The molecule has 6 heteroatoms. The van der Waals surface area contributed by atoms with Crippen LogP contribution in [0, 0.1) is 21.8 Å². The molecule has 5 nitrogen and oxygen atoms in total. The van der Waals surface area contributed by atoms with Crippen LogP contribution in [0.4, 0.5) is 10.1 Å². The molecule has 1 aliphatic heterocycles. The maximum absolute atomic E-state index is 13.2. The number of aliphatic hydroxyl groups excluding tert-OH is 1. The molecule has 1 aromatic carbocycles. The van der Waals surface area contributed by atoms with E-state index in [-0.39, 0.29) is 18.2 Å². The van der Waals surface area contributed by atoms with E-state index < -0.39 is 10.7 Å². The molecule has 0 spiro atoms. The lowest BCUT2D eigenvalue weighted by molar-refractivity contribution is -0.385. The summed E-state index contributed by atoms with van der Waals surface area (Å²) in [4.78, 5) is 12.1. The first-order chi connectivity index (χ1) is 8.58. The second kappa shape index (κ2) is 5.41. The lowest BCUT2D eigenvalue weighted by Gasteiger charge is -2.15. The number of aliphatic hydroxyl groups is 1. The topological polar surface area (TPSA) is 66.6 Å². The fourth-order valence-electron chi connectivity index (χ4n) is 2.29. The number of likely N-dealkylation sites (tertiary alicyclic amines) is 1. The average Bonchev–Trinajstić information content (AvgIpc) is 2.76. The smallest absolute Gasteiger partial charge is 0.272 e. The number of hydrogen-bond acceptors (Lipinski definition) is 4. The first-order valence-corrected chi connectivity index (χ1v) is 5.85. The fourth-order valence-corrected chi connectivity index (χ4v) is 2.29. The zero-order valence-electron chi connectivity index (χ0n) is 9.88. The quantitative estimate of drug-likeness (QED) is 0.654. The number of rotatable bonds is 4. The molecule has 0 aromatic heterocycles. The summed E-state index contributed by atoms with van der Waals surface area (Å²) in [7, 11) is 0. The van der Waals surface area contributed by atoms with E-state index in [1.807, 2.05) is 0 Å². The summed E-state index contributed by atoms with van der Waals surface area (Å²) in [6.07, 6.45) is 0.911.